The van der Waals surface area contributed by atoms with Gasteiger partial charge in [-0.3, -0.25) is 9.59 Å². The number of likely N-dealkylation sites (tertiary alicyclic amines) is 1. The summed E-state index contributed by atoms with van der Waals surface area (Å²) in [4.78, 5) is 35.5. The van der Waals surface area contributed by atoms with Crippen LogP contribution in [0.2, 0.25) is 0 Å². The van der Waals surface area contributed by atoms with Gasteiger partial charge in [0.25, 0.3) is 5.91 Å². The summed E-state index contributed by atoms with van der Waals surface area (Å²) < 4.78 is 0. The Labute approximate surface area is 162 Å². The van der Waals surface area contributed by atoms with E-state index in [-0.39, 0.29) is 18.4 Å². The van der Waals surface area contributed by atoms with Gasteiger partial charge in [-0.05, 0) is 37.6 Å². The third-order valence-corrected chi connectivity index (χ3v) is 5.47. The minimum absolute atomic E-state index is 0.174. The molecule has 0 saturated carbocycles. The molecule has 0 radical (unpaired) electrons. The lowest BCUT2D eigenvalue weighted by Gasteiger charge is -2.17. The Balaban J connectivity index is 1.64. The maximum atomic E-state index is 13.1. The van der Waals surface area contributed by atoms with Gasteiger partial charge in [-0.25, -0.2) is 9.97 Å². The smallest absolute Gasteiger partial charge is 0.308 e. The van der Waals surface area contributed by atoms with E-state index in [2.05, 4.69) is 9.97 Å². The molecule has 0 bridgehead atoms. The number of benzene rings is 2. The van der Waals surface area contributed by atoms with Crippen molar-refractivity contribution in [3.05, 3.63) is 71.0 Å². The van der Waals surface area contributed by atoms with Crippen LogP contribution in [-0.2, 0) is 4.79 Å². The molecule has 2 atom stereocenters. The van der Waals surface area contributed by atoms with E-state index in [1.165, 1.54) is 0 Å². The molecule has 1 aliphatic rings. The minimum Gasteiger partial charge on any atom is -0.481 e. The first-order chi connectivity index (χ1) is 13.4. The predicted molar refractivity (Wildman–Crippen MR) is 105 cm³/mol. The van der Waals surface area contributed by atoms with Crippen molar-refractivity contribution < 1.29 is 14.7 Å². The van der Waals surface area contributed by atoms with Crippen LogP contribution < -0.4 is 0 Å². The molecule has 142 valence electrons. The van der Waals surface area contributed by atoms with Crippen molar-refractivity contribution in [2.24, 2.45) is 5.92 Å². The first kappa shape index (κ1) is 18.1. The van der Waals surface area contributed by atoms with Crippen LogP contribution in [0.15, 0.2) is 48.5 Å². The highest BCUT2D eigenvalue weighted by Crippen LogP contribution is 2.33. The van der Waals surface area contributed by atoms with Crippen LogP contribution in [0.3, 0.4) is 0 Å². The molecule has 1 aliphatic heterocycles. The Kier molecular flexibility index (Phi) is 4.55. The summed E-state index contributed by atoms with van der Waals surface area (Å²) in [5, 5.41) is 9.66. The van der Waals surface area contributed by atoms with E-state index in [1.54, 1.807) is 23.1 Å². The second-order valence-corrected chi connectivity index (χ2v) is 7.27. The molecule has 4 rings (SSSR count). The van der Waals surface area contributed by atoms with E-state index < -0.39 is 11.9 Å². The molecular formula is C22H21N3O3. The van der Waals surface area contributed by atoms with Gasteiger partial charge < -0.3 is 10.0 Å². The Morgan fingerprint density at radius 3 is 2.32 bits per heavy atom. The summed E-state index contributed by atoms with van der Waals surface area (Å²) in [7, 11) is 0. The molecule has 1 aromatic heterocycles. The third-order valence-electron chi connectivity index (χ3n) is 5.47. The zero-order valence-corrected chi connectivity index (χ0v) is 15.8. The molecule has 1 N–H and O–H groups in total. The summed E-state index contributed by atoms with van der Waals surface area (Å²) in [6.45, 7) is 4.38. The number of aliphatic carboxylic acids is 1. The number of rotatable bonds is 3. The summed E-state index contributed by atoms with van der Waals surface area (Å²) in [6, 6.07) is 14.8. The largest absolute Gasteiger partial charge is 0.481 e. The monoisotopic (exact) mass is 375 g/mol. The van der Waals surface area contributed by atoms with Crippen LogP contribution in [0.4, 0.5) is 0 Å². The Bertz CT molecular complexity index is 1070. The van der Waals surface area contributed by atoms with E-state index in [0.717, 1.165) is 22.5 Å². The number of fused-ring (bicyclic) bond motifs is 1. The SMILES string of the molecule is Cc1nc2ccc(C(=O)N3C[C@H](C(=O)O)[C@H](c4ccccc4)C3)cc2nc1C. The maximum absolute atomic E-state index is 13.1. The molecule has 3 aromatic rings. The summed E-state index contributed by atoms with van der Waals surface area (Å²) in [5.41, 5.74) is 4.55. The van der Waals surface area contributed by atoms with Crippen molar-refractivity contribution >= 4 is 22.9 Å². The van der Waals surface area contributed by atoms with Crippen LogP contribution >= 0.6 is 0 Å². The highest BCUT2D eigenvalue weighted by Gasteiger charge is 2.40. The fraction of sp³-hybridized carbons (Fsp3) is 0.273. The zero-order chi connectivity index (χ0) is 19.8. The van der Waals surface area contributed by atoms with Gasteiger partial charge in [0, 0.05) is 24.6 Å². The van der Waals surface area contributed by atoms with Crippen LogP contribution in [0.1, 0.15) is 33.2 Å². The lowest BCUT2D eigenvalue weighted by molar-refractivity contribution is -0.141. The fourth-order valence-electron chi connectivity index (χ4n) is 3.80. The number of carbonyl (C=O) groups excluding carboxylic acids is 1. The summed E-state index contributed by atoms with van der Waals surface area (Å²) in [6.07, 6.45) is 0. The molecule has 1 saturated heterocycles. The molecule has 6 heteroatoms. The van der Waals surface area contributed by atoms with Gasteiger partial charge in [0.05, 0.1) is 28.3 Å². The fourth-order valence-corrected chi connectivity index (χ4v) is 3.80. The van der Waals surface area contributed by atoms with Crippen LogP contribution in [0.25, 0.3) is 11.0 Å². The molecule has 1 amide bonds. The first-order valence-corrected chi connectivity index (χ1v) is 9.26. The van der Waals surface area contributed by atoms with Gasteiger partial charge in [-0.15, -0.1) is 0 Å². The molecule has 1 fully saturated rings. The topological polar surface area (TPSA) is 83.4 Å². The number of carboxylic acids is 1. The van der Waals surface area contributed by atoms with Gasteiger partial charge in [0.1, 0.15) is 0 Å². The normalized spacial score (nSPS) is 19.1. The van der Waals surface area contributed by atoms with Crippen molar-refractivity contribution in [3.8, 4) is 0 Å². The van der Waals surface area contributed by atoms with Crippen LogP contribution in [0, 0.1) is 19.8 Å². The number of hydrogen-bond donors (Lipinski definition) is 1. The average Bonchev–Trinajstić information content (AvgIpc) is 3.14. The number of hydrogen-bond acceptors (Lipinski definition) is 4. The van der Waals surface area contributed by atoms with E-state index in [9.17, 15) is 14.7 Å². The molecule has 0 aliphatic carbocycles. The molecular weight excluding hydrogens is 354 g/mol. The third kappa shape index (κ3) is 3.22. The van der Waals surface area contributed by atoms with Gasteiger partial charge in [0.2, 0.25) is 0 Å². The molecule has 0 unspecified atom stereocenters. The second kappa shape index (κ2) is 7.03. The molecule has 2 aromatic carbocycles. The predicted octanol–water partition coefficient (Wildman–Crippen LogP) is 3.19. The van der Waals surface area contributed by atoms with E-state index in [4.69, 9.17) is 0 Å². The standard InChI is InChI=1S/C22H21N3O3/c1-13-14(2)24-20-10-16(8-9-19(20)23-13)21(26)25-11-17(18(12-25)22(27)28)15-6-4-3-5-7-15/h3-10,17-18H,11-12H2,1-2H3,(H,27,28)/t17-,18-/m0/s1. The Morgan fingerprint density at radius 1 is 0.964 bits per heavy atom. The minimum atomic E-state index is -0.875. The van der Waals surface area contributed by atoms with Crippen molar-refractivity contribution in [2.45, 2.75) is 19.8 Å². The number of carboxylic acid groups (broad SMARTS) is 1. The Hall–Kier alpha value is -3.28. The quantitative estimate of drug-likeness (QED) is 0.760. The van der Waals surface area contributed by atoms with E-state index in [1.807, 2.05) is 44.2 Å². The van der Waals surface area contributed by atoms with Crippen molar-refractivity contribution in [1.29, 1.82) is 0 Å². The Morgan fingerprint density at radius 2 is 1.64 bits per heavy atom. The highest BCUT2D eigenvalue weighted by molar-refractivity contribution is 5.98. The molecule has 2 heterocycles. The van der Waals surface area contributed by atoms with E-state index in [0.29, 0.717) is 17.6 Å². The van der Waals surface area contributed by atoms with Gasteiger partial charge in [-0.1, -0.05) is 30.3 Å². The number of amides is 1. The zero-order valence-electron chi connectivity index (χ0n) is 15.8. The molecule has 0 spiro atoms. The van der Waals surface area contributed by atoms with Gasteiger partial charge >= 0.3 is 5.97 Å². The number of aryl methyl sites for hydroxylation is 2. The molecule has 28 heavy (non-hydrogen) atoms. The lowest BCUT2D eigenvalue weighted by Crippen LogP contribution is -2.29. The average molecular weight is 375 g/mol. The summed E-state index contributed by atoms with van der Waals surface area (Å²) >= 11 is 0. The second-order valence-electron chi connectivity index (χ2n) is 7.27. The van der Waals surface area contributed by atoms with Crippen LogP contribution in [-0.4, -0.2) is 44.9 Å². The van der Waals surface area contributed by atoms with E-state index >= 15 is 0 Å². The highest BCUT2D eigenvalue weighted by atomic mass is 16.4. The van der Waals surface area contributed by atoms with Crippen LogP contribution in [0.5, 0.6) is 0 Å². The van der Waals surface area contributed by atoms with Crippen molar-refractivity contribution in [1.82, 2.24) is 14.9 Å². The maximum Gasteiger partial charge on any atom is 0.308 e. The van der Waals surface area contributed by atoms with Gasteiger partial charge in [-0.2, -0.15) is 0 Å². The molecule has 6 nitrogen and oxygen atoms in total. The van der Waals surface area contributed by atoms with Crippen molar-refractivity contribution in [3.63, 3.8) is 0 Å². The number of carbonyl (C=O) groups is 2. The van der Waals surface area contributed by atoms with Crippen molar-refractivity contribution in [2.75, 3.05) is 13.1 Å². The number of nitrogens with zero attached hydrogens (tertiary/aromatic N) is 3. The lowest BCUT2D eigenvalue weighted by atomic mass is 9.89. The van der Waals surface area contributed by atoms with Gasteiger partial charge in [0.15, 0.2) is 0 Å². The number of aromatic nitrogens is 2. The summed E-state index contributed by atoms with van der Waals surface area (Å²) in [5.74, 6) is -1.88. The first-order valence-electron chi connectivity index (χ1n) is 9.26.